The minimum Gasteiger partial charge on any atom is -0.489 e. The summed E-state index contributed by atoms with van der Waals surface area (Å²) in [7, 11) is 1.74. The molecule has 0 fully saturated rings. The van der Waals surface area contributed by atoms with E-state index in [1.54, 1.807) is 7.05 Å². The quantitative estimate of drug-likeness (QED) is 0.265. The molecule has 0 aliphatic rings. The summed E-state index contributed by atoms with van der Waals surface area (Å²) in [5, 5.41) is 0. The van der Waals surface area contributed by atoms with Crippen LogP contribution in [-0.4, -0.2) is 26.1 Å². The van der Waals surface area contributed by atoms with Crippen LogP contribution in [0, 0.1) is 6.92 Å². The molecule has 0 unspecified atom stereocenters. The third-order valence-electron chi connectivity index (χ3n) is 5.04. The fraction of sp³-hybridized carbons (Fsp3) is 0.200. The first kappa shape index (κ1) is 23.8. The molecule has 3 nitrogen and oxygen atoms in total. The molecule has 33 heavy (non-hydrogen) atoms. The van der Waals surface area contributed by atoms with E-state index in [1.165, 1.54) is 5.56 Å². The van der Waals surface area contributed by atoms with Crippen molar-refractivity contribution in [1.82, 2.24) is 0 Å². The zero-order valence-corrected chi connectivity index (χ0v) is 19.8. The van der Waals surface area contributed by atoms with Gasteiger partial charge in [-0.2, -0.15) is 0 Å². The van der Waals surface area contributed by atoms with Gasteiger partial charge in [-0.1, -0.05) is 60.2 Å². The molecule has 0 N–H and O–H groups in total. The number of hydrogen-bond acceptors (Lipinski definition) is 3. The Kier molecular flexibility index (Phi) is 8.88. The Balaban J connectivity index is 1.54. The first-order valence-electron chi connectivity index (χ1n) is 11.1. The van der Waals surface area contributed by atoms with E-state index in [-0.39, 0.29) is 0 Å². The van der Waals surface area contributed by atoms with E-state index < -0.39 is 0 Å². The summed E-state index contributed by atoms with van der Waals surface area (Å²) in [6.45, 7) is 7.29. The minimum absolute atomic E-state index is 0.528. The van der Waals surface area contributed by atoms with Crippen molar-refractivity contribution in [2.45, 2.75) is 20.8 Å². The lowest BCUT2D eigenvalue weighted by Crippen LogP contribution is -2.00. The molecule has 0 aliphatic heterocycles. The van der Waals surface area contributed by atoms with E-state index in [9.17, 15) is 0 Å². The molecule has 0 atom stereocenters. The molecule has 0 heterocycles. The Morgan fingerprint density at radius 3 is 1.73 bits per heavy atom. The van der Waals surface area contributed by atoms with Gasteiger partial charge >= 0.3 is 0 Å². The monoisotopic (exact) mass is 437 g/mol. The molecule has 0 radical (unpaired) electrons. The van der Waals surface area contributed by atoms with Crippen molar-refractivity contribution in [3.63, 3.8) is 0 Å². The summed E-state index contributed by atoms with van der Waals surface area (Å²) in [6, 6.07) is 26.3. The SMILES string of the molecule is CN=C=C(c1ccccc1)c1ccc(OC/C(C)=C/C=C(\C)COc2ccc(C)cc2)cc1. The summed E-state index contributed by atoms with van der Waals surface area (Å²) in [5.41, 5.74) is 6.62. The number of allylic oxidation sites excluding steroid dienone is 2. The predicted molar refractivity (Wildman–Crippen MR) is 138 cm³/mol. The molecular formula is C30H31NO2. The van der Waals surface area contributed by atoms with Crippen LogP contribution in [0.4, 0.5) is 0 Å². The lowest BCUT2D eigenvalue weighted by atomic mass is 9.99. The van der Waals surface area contributed by atoms with Gasteiger partial charge in [-0.05, 0) is 85.3 Å². The average molecular weight is 438 g/mol. The van der Waals surface area contributed by atoms with Gasteiger partial charge in [0.25, 0.3) is 0 Å². The molecule has 0 amide bonds. The molecular weight excluding hydrogens is 406 g/mol. The number of benzene rings is 3. The van der Waals surface area contributed by atoms with Gasteiger partial charge in [-0.15, -0.1) is 0 Å². The smallest absolute Gasteiger partial charge is 0.119 e. The average Bonchev–Trinajstić information content (AvgIpc) is 2.85. The molecule has 0 spiro atoms. The molecule has 168 valence electrons. The van der Waals surface area contributed by atoms with Gasteiger partial charge in [-0.3, -0.25) is 0 Å². The van der Waals surface area contributed by atoms with Crippen molar-refractivity contribution in [2.75, 3.05) is 20.3 Å². The van der Waals surface area contributed by atoms with Crippen molar-refractivity contribution in [2.24, 2.45) is 4.99 Å². The van der Waals surface area contributed by atoms with E-state index >= 15 is 0 Å². The Morgan fingerprint density at radius 1 is 0.727 bits per heavy atom. The maximum Gasteiger partial charge on any atom is 0.119 e. The van der Waals surface area contributed by atoms with Crippen molar-refractivity contribution in [1.29, 1.82) is 0 Å². The number of aryl methyl sites for hydroxylation is 1. The van der Waals surface area contributed by atoms with E-state index in [1.807, 2.05) is 54.6 Å². The second-order valence-corrected chi connectivity index (χ2v) is 8.02. The molecule has 0 aliphatic carbocycles. The molecule has 0 aromatic heterocycles. The van der Waals surface area contributed by atoms with Crippen molar-refractivity contribution in [3.05, 3.63) is 119 Å². The Bertz CT molecular complexity index is 1150. The summed E-state index contributed by atoms with van der Waals surface area (Å²) in [4.78, 5) is 4.10. The second-order valence-electron chi connectivity index (χ2n) is 8.02. The van der Waals surface area contributed by atoms with Crippen LogP contribution in [0.2, 0.25) is 0 Å². The Hall–Kier alpha value is -3.81. The van der Waals surface area contributed by atoms with Crippen molar-refractivity contribution in [3.8, 4) is 11.5 Å². The summed E-state index contributed by atoms with van der Waals surface area (Å²) >= 11 is 0. The minimum atomic E-state index is 0.528. The largest absolute Gasteiger partial charge is 0.489 e. The van der Waals surface area contributed by atoms with Gasteiger partial charge in [0.2, 0.25) is 0 Å². The standard InChI is InChI=1S/C30H31NO2/c1-23-12-16-28(17-13-23)32-21-24(2)10-11-25(3)22-33-29-18-14-27(15-19-29)30(20-31-4)26-8-6-5-7-9-26/h5-19H,21-22H2,1-4H3/b24-10+,25-11+. The van der Waals surface area contributed by atoms with Crippen molar-refractivity contribution < 1.29 is 9.47 Å². The van der Waals surface area contributed by atoms with E-state index in [0.29, 0.717) is 13.2 Å². The fourth-order valence-corrected chi connectivity index (χ4v) is 3.14. The molecule has 0 saturated carbocycles. The van der Waals surface area contributed by atoms with Gasteiger partial charge in [0.05, 0.1) is 5.57 Å². The highest BCUT2D eigenvalue weighted by Gasteiger charge is 2.05. The van der Waals surface area contributed by atoms with Crippen LogP contribution in [0.3, 0.4) is 0 Å². The predicted octanol–water partition coefficient (Wildman–Crippen LogP) is 7.08. The van der Waals surface area contributed by atoms with Crippen LogP contribution in [0.25, 0.3) is 5.57 Å². The van der Waals surface area contributed by atoms with E-state index in [4.69, 9.17) is 9.47 Å². The van der Waals surface area contributed by atoms with Gasteiger partial charge in [0.15, 0.2) is 0 Å². The zero-order valence-electron chi connectivity index (χ0n) is 19.8. The van der Waals surface area contributed by atoms with Gasteiger partial charge in [0, 0.05) is 7.05 Å². The summed E-state index contributed by atoms with van der Waals surface area (Å²) < 4.78 is 11.8. The van der Waals surface area contributed by atoms with Crippen LogP contribution in [0.1, 0.15) is 30.5 Å². The Labute approximate surface area is 197 Å². The molecule has 3 heteroatoms. The van der Waals surface area contributed by atoms with Gasteiger partial charge in [0.1, 0.15) is 24.7 Å². The van der Waals surface area contributed by atoms with Gasteiger partial charge < -0.3 is 9.47 Å². The number of ether oxygens (including phenoxy) is 2. The first-order chi connectivity index (χ1) is 16.0. The number of nitrogens with zero attached hydrogens (tertiary/aromatic N) is 1. The molecule has 0 saturated heterocycles. The number of hydrogen-bond donors (Lipinski definition) is 0. The lowest BCUT2D eigenvalue weighted by molar-refractivity contribution is 0.350. The van der Waals surface area contributed by atoms with Crippen molar-refractivity contribution >= 4 is 11.4 Å². The van der Waals surface area contributed by atoms with E-state index in [0.717, 1.165) is 39.3 Å². The third kappa shape index (κ3) is 7.68. The molecule has 0 bridgehead atoms. The number of rotatable bonds is 9. The maximum atomic E-state index is 5.96. The highest BCUT2D eigenvalue weighted by atomic mass is 16.5. The molecule has 3 rings (SSSR count). The Morgan fingerprint density at radius 2 is 1.21 bits per heavy atom. The van der Waals surface area contributed by atoms with Crippen LogP contribution in [0.5, 0.6) is 11.5 Å². The topological polar surface area (TPSA) is 30.8 Å². The van der Waals surface area contributed by atoms with E-state index in [2.05, 4.69) is 68.1 Å². The summed E-state index contributed by atoms with van der Waals surface area (Å²) in [6.07, 6.45) is 4.16. The van der Waals surface area contributed by atoms with Crippen LogP contribution < -0.4 is 9.47 Å². The molecule has 3 aromatic carbocycles. The summed E-state index contributed by atoms with van der Waals surface area (Å²) in [5.74, 6) is 4.83. The normalized spacial score (nSPS) is 11.5. The maximum absolute atomic E-state index is 5.96. The van der Waals surface area contributed by atoms with Crippen LogP contribution in [0.15, 0.2) is 107 Å². The first-order valence-corrected chi connectivity index (χ1v) is 11.1. The zero-order chi connectivity index (χ0) is 23.5. The van der Waals surface area contributed by atoms with Crippen LogP contribution >= 0.6 is 0 Å². The highest BCUT2D eigenvalue weighted by Crippen LogP contribution is 2.23. The molecule has 3 aromatic rings. The third-order valence-corrected chi connectivity index (χ3v) is 5.04. The second kappa shape index (κ2) is 12.3. The van der Waals surface area contributed by atoms with Gasteiger partial charge in [-0.25, -0.2) is 4.99 Å². The number of aliphatic imine (C=N–C) groups is 1. The van der Waals surface area contributed by atoms with Crippen LogP contribution in [-0.2, 0) is 0 Å². The highest BCUT2D eigenvalue weighted by molar-refractivity contribution is 5.98. The lowest BCUT2D eigenvalue weighted by Gasteiger charge is -2.09. The fourth-order valence-electron chi connectivity index (χ4n) is 3.14.